The average molecular weight is 346 g/mol. The molecular formula is C15H17F7O. The highest BCUT2D eigenvalue weighted by Crippen LogP contribution is 2.49. The molecule has 1 aromatic rings. The molecule has 0 saturated carbocycles. The monoisotopic (exact) mass is 346 g/mol. The highest BCUT2D eigenvalue weighted by atomic mass is 19.4. The molecule has 23 heavy (non-hydrogen) atoms. The van der Waals surface area contributed by atoms with Gasteiger partial charge in [-0.3, -0.25) is 0 Å². The maximum absolute atomic E-state index is 13.3. The van der Waals surface area contributed by atoms with Gasteiger partial charge in [-0.2, -0.15) is 30.7 Å². The molecule has 0 spiro atoms. The lowest BCUT2D eigenvalue weighted by Crippen LogP contribution is -2.52. The highest BCUT2D eigenvalue weighted by molar-refractivity contribution is 5.26. The number of halogens is 7. The lowest BCUT2D eigenvalue weighted by atomic mass is 9.95. The Kier molecular flexibility index (Phi) is 5.72. The zero-order chi connectivity index (χ0) is 18.1. The summed E-state index contributed by atoms with van der Waals surface area (Å²) in [5.74, 6) is -11.4. The van der Waals surface area contributed by atoms with Gasteiger partial charge in [0.05, 0.1) is 6.10 Å². The van der Waals surface area contributed by atoms with Crippen LogP contribution in [0.1, 0.15) is 37.5 Å². The van der Waals surface area contributed by atoms with Gasteiger partial charge in [-0.15, -0.1) is 0 Å². The van der Waals surface area contributed by atoms with Gasteiger partial charge in [0.25, 0.3) is 0 Å². The lowest BCUT2D eigenvalue weighted by molar-refractivity contribution is -0.358. The zero-order valence-corrected chi connectivity index (χ0v) is 12.5. The lowest BCUT2D eigenvalue weighted by Gasteiger charge is -2.29. The maximum atomic E-state index is 13.3. The molecule has 1 aromatic carbocycles. The van der Waals surface area contributed by atoms with Gasteiger partial charge >= 0.3 is 18.0 Å². The van der Waals surface area contributed by atoms with Crippen molar-refractivity contribution in [3.8, 4) is 0 Å². The Bertz CT molecular complexity index is 523. The molecule has 0 fully saturated rings. The van der Waals surface area contributed by atoms with E-state index in [4.69, 9.17) is 0 Å². The summed E-state index contributed by atoms with van der Waals surface area (Å²) in [5.41, 5.74) is 0.545. The third-order valence-corrected chi connectivity index (χ3v) is 3.24. The van der Waals surface area contributed by atoms with Crippen molar-refractivity contribution in [3.63, 3.8) is 0 Å². The molecule has 1 unspecified atom stereocenters. The van der Waals surface area contributed by atoms with Crippen molar-refractivity contribution in [2.45, 2.75) is 50.8 Å². The molecule has 8 heteroatoms. The van der Waals surface area contributed by atoms with Crippen molar-refractivity contribution < 1.29 is 35.8 Å². The molecule has 0 radical (unpaired) electrons. The summed E-state index contributed by atoms with van der Waals surface area (Å²) in [5, 5.41) is 9.66. The molecule has 0 bridgehead atoms. The molecule has 0 amide bonds. The van der Waals surface area contributed by atoms with Crippen molar-refractivity contribution in [2.75, 3.05) is 0 Å². The summed E-state index contributed by atoms with van der Waals surface area (Å²) >= 11 is 0. The van der Waals surface area contributed by atoms with E-state index in [1.54, 1.807) is 6.07 Å². The first-order valence-corrected chi connectivity index (χ1v) is 6.87. The molecule has 1 nitrogen and oxygen atoms in total. The van der Waals surface area contributed by atoms with E-state index in [2.05, 4.69) is 0 Å². The summed E-state index contributed by atoms with van der Waals surface area (Å²) in [6.45, 7) is 3.78. The highest BCUT2D eigenvalue weighted by Gasteiger charge is 2.72. The van der Waals surface area contributed by atoms with Crippen LogP contribution in [-0.4, -0.2) is 23.1 Å². The Morgan fingerprint density at radius 1 is 1.00 bits per heavy atom. The van der Waals surface area contributed by atoms with Gasteiger partial charge in [0.15, 0.2) is 0 Å². The second kappa shape index (κ2) is 6.67. The second-order valence-electron chi connectivity index (χ2n) is 5.84. The van der Waals surface area contributed by atoms with Crippen molar-refractivity contribution >= 4 is 0 Å². The Hall–Kier alpha value is -1.31. The number of alkyl halides is 7. The normalized spacial score (nSPS) is 15.1. The van der Waals surface area contributed by atoms with Crippen LogP contribution >= 0.6 is 0 Å². The minimum absolute atomic E-state index is 0.124. The van der Waals surface area contributed by atoms with Crippen LogP contribution in [0.25, 0.3) is 0 Å². The third-order valence-electron chi connectivity index (χ3n) is 3.24. The van der Waals surface area contributed by atoms with Crippen molar-refractivity contribution in [1.82, 2.24) is 0 Å². The summed E-state index contributed by atoms with van der Waals surface area (Å²) in [4.78, 5) is 0. The van der Waals surface area contributed by atoms with E-state index in [-0.39, 0.29) is 11.5 Å². The van der Waals surface area contributed by atoms with Crippen LogP contribution in [0.3, 0.4) is 0 Å². The summed E-state index contributed by atoms with van der Waals surface area (Å²) in [6.07, 6.45) is -10.00. The number of aliphatic hydroxyl groups is 1. The van der Waals surface area contributed by atoms with Crippen LogP contribution in [0.15, 0.2) is 24.3 Å². The number of hydrogen-bond donors (Lipinski definition) is 1. The molecular weight excluding hydrogens is 329 g/mol. The predicted octanol–water partition coefficient (Wildman–Crippen LogP) is 5.14. The van der Waals surface area contributed by atoms with Gasteiger partial charge in [-0.1, -0.05) is 38.1 Å². The first-order chi connectivity index (χ1) is 10.3. The van der Waals surface area contributed by atoms with Crippen LogP contribution in [0.2, 0.25) is 0 Å². The van der Waals surface area contributed by atoms with Crippen molar-refractivity contribution in [2.24, 2.45) is 5.92 Å². The van der Waals surface area contributed by atoms with E-state index in [0.29, 0.717) is 12.0 Å². The van der Waals surface area contributed by atoms with Crippen molar-refractivity contribution in [1.29, 1.82) is 0 Å². The van der Waals surface area contributed by atoms with Crippen molar-refractivity contribution in [3.05, 3.63) is 35.4 Å². The second-order valence-corrected chi connectivity index (χ2v) is 5.84. The minimum atomic E-state index is -6.39. The first-order valence-electron chi connectivity index (χ1n) is 6.87. The molecule has 0 aliphatic carbocycles. The summed E-state index contributed by atoms with van der Waals surface area (Å²) in [6, 6.07) is 5.61. The first kappa shape index (κ1) is 19.7. The fourth-order valence-corrected chi connectivity index (χ4v) is 2.09. The molecule has 0 aromatic heterocycles. The van der Waals surface area contributed by atoms with Crippen LogP contribution in [0, 0.1) is 5.92 Å². The fraction of sp³-hybridized carbons (Fsp3) is 0.600. The Morgan fingerprint density at radius 2 is 1.57 bits per heavy atom. The van der Waals surface area contributed by atoms with E-state index in [0.717, 1.165) is 0 Å². The molecule has 0 aliphatic heterocycles. The minimum Gasteiger partial charge on any atom is -0.388 e. The summed E-state index contributed by atoms with van der Waals surface area (Å²) in [7, 11) is 0. The molecule has 132 valence electrons. The molecule has 1 N–H and O–H groups in total. The Labute approximate surface area is 129 Å². The van der Waals surface area contributed by atoms with E-state index in [1.807, 2.05) is 13.8 Å². The summed E-state index contributed by atoms with van der Waals surface area (Å²) < 4.78 is 88.6. The predicted molar refractivity (Wildman–Crippen MR) is 70.5 cm³/mol. The Morgan fingerprint density at radius 3 is 2.04 bits per heavy atom. The average Bonchev–Trinajstić information content (AvgIpc) is 2.36. The third kappa shape index (κ3) is 4.59. The topological polar surface area (TPSA) is 20.2 Å². The van der Waals surface area contributed by atoms with Gasteiger partial charge in [-0.25, -0.2) is 0 Å². The number of aliphatic hydroxyl groups excluding tert-OH is 1. The van der Waals surface area contributed by atoms with Crippen LogP contribution in [-0.2, 0) is 6.42 Å². The van der Waals surface area contributed by atoms with Gasteiger partial charge in [0.1, 0.15) is 0 Å². The zero-order valence-electron chi connectivity index (χ0n) is 12.5. The number of hydrogen-bond acceptors (Lipinski definition) is 1. The number of benzene rings is 1. The van der Waals surface area contributed by atoms with E-state index in [9.17, 15) is 35.8 Å². The van der Waals surface area contributed by atoms with Crippen LogP contribution < -0.4 is 0 Å². The largest absolute Gasteiger partial charge is 0.459 e. The maximum Gasteiger partial charge on any atom is 0.459 e. The molecule has 1 atom stereocenters. The molecule has 1 rings (SSSR count). The molecule has 0 heterocycles. The number of rotatable bonds is 6. The SMILES string of the molecule is CC(C)Cc1cccc(C(O)CC(F)(F)C(F)(F)C(F)(F)F)c1. The molecule has 0 saturated heterocycles. The molecule has 0 aliphatic rings. The smallest absolute Gasteiger partial charge is 0.388 e. The standard InChI is InChI=1S/C15H17F7O/c1-9(2)6-10-4-3-5-11(7-10)12(23)8-13(16,17)14(18,19)15(20,21)22/h3-5,7,9,12,23H,6,8H2,1-2H3. The Balaban J connectivity index is 2.96. The fourth-order valence-electron chi connectivity index (χ4n) is 2.09. The van der Waals surface area contributed by atoms with Gasteiger partial charge in [0.2, 0.25) is 0 Å². The van der Waals surface area contributed by atoms with Crippen LogP contribution in [0.4, 0.5) is 30.7 Å². The van der Waals surface area contributed by atoms with E-state index >= 15 is 0 Å². The quantitative estimate of drug-likeness (QED) is 0.707. The van der Waals surface area contributed by atoms with E-state index < -0.39 is 30.5 Å². The van der Waals surface area contributed by atoms with Crippen LogP contribution in [0.5, 0.6) is 0 Å². The van der Waals surface area contributed by atoms with Gasteiger partial charge in [0, 0.05) is 6.42 Å². The van der Waals surface area contributed by atoms with Gasteiger partial charge < -0.3 is 5.11 Å². The van der Waals surface area contributed by atoms with Gasteiger partial charge in [-0.05, 0) is 23.5 Å². The van der Waals surface area contributed by atoms with E-state index in [1.165, 1.54) is 18.2 Å².